The summed E-state index contributed by atoms with van der Waals surface area (Å²) in [4.78, 5) is 27.6. The van der Waals surface area contributed by atoms with Crippen molar-refractivity contribution in [2.24, 2.45) is 17.8 Å². The summed E-state index contributed by atoms with van der Waals surface area (Å²) in [6, 6.07) is 5.17. The topological polar surface area (TPSA) is 82.4 Å². The molecule has 1 aromatic carbocycles. The number of likely N-dealkylation sites (tertiary alicyclic amines) is 1. The van der Waals surface area contributed by atoms with Crippen molar-refractivity contribution >= 4 is 27.9 Å². The number of nitrogens with one attached hydrogen (secondary N) is 1. The van der Waals surface area contributed by atoms with Crippen LogP contribution >= 0.6 is 15.9 Å². The molecule has 3 aliphatic rings. The predicted octanol–water partition coefficient (Wildman–Crippen LogP) is 3.78. The largest absolute Gasteiger partial charge is 0.444 e. The van der Waals surface area contributed by atoms with E-state index in [1.807, 2.05) is 6.07 Å². The molecule has 2 aliphatic carbocycles. The van der Waals surface area contributed by atoms with Crippen molar-refractivity contribution in [1.82, 2.24) is 10.2 Å². The SMILES string of the molecule is CC(C)(C)OC(=O)N1C2CC(C3CC32)C1C(=O)N[C@H](C#N)Cc1ccc(Br)cc1F. The maximum absolute atomic E-state index is 14.2. The van der Waals surface area contributed by atoms with Crippen molar-refractivity contribution in [1.29, 1.82) is 5.26 Å². The van der Waals surface area contributed by atoms with Crippen LogP contribution in [0.4, 0.5) is 9.18 Å². The number of benzene rings is 1. The van der Waals surface area contributed by atoms with Gasteiger partial charge >= 0.3 is 6.09 Å². The van der Waals surface area contributed by atoms with Gasteiger partial charge in [0, 0.05) is 16.9 Å². The summed E-state index contributed by atoms with van der Waals surface area (Å²) in [5.41, 5.74) is -0.304. The zero-order valence-corrected chi connectivity index (χ0v) is 18.8. The third kappa shape index (κ3) is 3.92. The first-order valence-corrected chi connectivity index (χ1v) is 11.0. The maximum atomic E-state index is 14.2. The lowest BCUT2D eigenvalue weighted by molar-refractivity contribution is -0.128. The van der Waals surface area contributed by atoms with Gasteiger partial charge in [0.2, 0.25) is 5.91 Å². The van der Waals surface area contributed by atoms with Crippen LogP contribution in [-0.4, -0.2) is 40.6 Å². The number of hydrogen-bond acceptors (Lipinski definition) is 4. The summed E-state index contributed by atoms with van der Waals surface area (Å²) in [6.45, 7) is 5.39. The van der Waals surface area contributed by atoms with Gasteiger partial charge in [0.05, 0.1) is 6.07 Å². The molecule has 6 atom stereocenters. The van der Waals surface area contributed by atoms with Gasteiger partial charge in [0.1, 0.15) is 23.5 Å². The molecule has 4 rings (SSSR count). The molecule has 3 fully saturated rings. The summed E-state index contributed by atoms with van der Waals surface area (Å²) < 4.78 is 20.3. The van der Waals surface area contributed by atoms with E-state index in [4.69, 9.17) is 4.74 Å². The minimum absolute atomic E-state index is 0.0232. The van der Waals surface area contributed by atoms with Gasteiger partial charge in [0.15, 0.2) is 0 Å². The molecule has 160 valence electrons. The van der Waals surface area contributed by atoms with Crippen LogP contribution in [0.25, 0.3) is 0 Å². The summed E-state index contributed by atoms with van der Waals surface area (Å²) >= 11 is 3.21. The first kappa shape index (κ1) is 21.1. The summed E-state index contributed by atoms with van der Waals surface area (Å²) in [5.74, 6) is 0.221. The highest BCUT2D eigenvalue weighted by molar-refractivity contribution is 9.10. The third-order valence-corrected chi connectivity index (χ3v) is 6.79. The quantitative estimate of drug-likeness (QED) is 0.714. The number of ether oxygens (including phenoxy) is 1. The minimum Gasteiger partial charge on any atom is -0.444 e. The Labute approximate surface area is 183 Å². The van der Waals surface area contributed by atoms with Gasteiger partial charge in [-0.15, -0.1) is 0 Å². The minimum atomic E-state index is -0.886. The van der Waals surface area contributed by atoms with Crippen molar-refractivity contribution in [3.63, 3.8) is 0 Å². The molecule has 8 heteroatoms. The molecule has 1 saturated heterocycles. The smallest absolute Gasteiger partial charge is 0.411 e. The molecule has 2 bridgehead atoms. The highest BCUT2D eigenvalue weighted by atomic mass is 79.9. The highest BCUT2D eigenvalue weighted by Gasteiger charge is 2.67. The summed E-state index contributed by atoms with van der Waals surface area (Å²) in [7, 11) is 0. The number of amides is 2. The average Bonchev–Trinajstić information content (AvgIpc) is 3.25. The van der Waals surface area contributed by atoms with Crippen LogP contribution in [0.1, 0.15) is 39.2 Å². The Morgan fingerprint density at radius 2 is 2.07 bits per heavy atom. The number of nitriles is 1. The number of halogens is 2. The highest BCUT2D eigenvalue weighted by Crippen LogP contribution is 2.63. The molecular formula is C22H25BrFN3O3. The molecule has 6 nitrogen and oxygen atoms in total. The van der Waals surface area contributed by atoms with Crippen LogP contribution in [0.15, 0.2) is 22.7 Å². The molecule has 0 radical (unpaired) electrons. The Morgan fingerprint density at radius 3 is 2.70 bits per heavy atom. The van der Waals surface area contributed by atoms with Gasteiger partial charge in [-0.25, -0.2) is 9.18 Å². The van der Waals surface area contributed by atoms with Gasteiger partial charge in [-0.2, -0.15) is 5.26 Å². The van der Waals surface area contributed by atoms with E-state index in [0.717, 1.165) is 12.8 Å². The number of carbonyl (C=O) groups excluding carboxylic acids is 2. The normalized spacial score (nSPS) is 29.7. The first-order valence-electron chi connectivity index (χ1n) is 10.2. The number of hydrogen-bond donors (Lipinski definition) is 1. The van der Waals surface area contributed by atoms with E-state index in [1.54, 1.807) is 37.8 Å². The van der Waals surface area contributed by atoms with E-state index in [2.05, 4.69) is 21.2 Å². The number of nitrogens with zero attached hydrogens (tertiary/aromatic N) is 2. The summed E-state index contributed by atoms with van der Waals surface area (Å²) in [6.07, 6.45) is 1.41. The molecule has 1 heterocycles. The van der Waals surface area contributed by atoms with E-state index in [-0.39, 0.29) is 24.3 Å². The van der Waals surface area contributed by atoms with Crippen LogP contribution < -0.4 is 5.32 Å². The summed E-state index contributed by atoms with van der Waals surface area (Å²) in [5, 5.41) is 12.3. The second kappa shape index (κ2) is 7.52. The van der Waals surface area contributed by atoms with Gasteiger partial charge < -0.3 is 10.1 Å². The van der Waals surface area contributed by atoms with Gasteiger partial charge in [0.25, 0.3) is 0 Å². The molecule has 0 aromatic heterocycles. The number of rotatable bonds is 4. The molecule has 1 N–H and O–H groups in total. The molecule has 2 amide bonds. The number of piperidine rings is 1. The maximum Gasteiger partial charge on any atom is 0.411 e. The number of fused-ring (bicyclic) bond motifs is 5. The molecule has 1 aliphatic heterocycles. The lowest BCUT2D eigenvalue weighted by atomic mass is 9.95. The molecule has 2 saturated carbocycles. The van der Waals surface area contributed by atoms with Crippen LogP contribution in [0.3, 0.4) is 0 Å². The Hall–Kier alpha value is -2.14. The van der Waals surface area contributed by atoms with Crippen molar-refractivity contribution < 1.29 is 18.7 Å². The molecule has 1 aromatic rings. The fourth-order valence-corrected chi connectivity index (χ4v) is 5.41. The second-order valence-corrected chi connectivity index (χ2v) is 10.4. The molecule has 30 heavy (non-hydrogen) atoms. The van der Waals surface area contributed by atoms with E-state index in [0.29, 0.717) is 21.9 Å². The van der Waals surface area contributed by atoms with E-state index in [1.165, 1.54) is 6.07 Å². The Kier molecular flexibility index (Phi) is 5.29. The van der Waals surface area contributed by atoms with Crippen molar-refractivity contribution in [3.8, 4) is 6.07 Å². The zero-order valence-electron chi connectivity index (χ0n) is 17.2. The van der Waals surface area contributed by atoms with Crippen LogP contribution in [-0.2, 0) is 16.0 Å². The van der Waals surface area contributed by atoms with E-state index in [9.17, 15) is 19.2 Å². The molecule has 0 spiro atoms. The Balaban J connectivity index is 1.49. The van der Waals surface area contributed by atoms with Crippen molar-refractivity contribution in [2.45, 2.75) is 63.8 Å². The average molecular weight is 478 g/mol. The Bertz CT molecular complexity index is 925. The van der Waals surface area contributed by atoms with Crippen LogP contribution in [0.5, 0.6) is 0 Å². The predicted molar refractivity (Wildman–Crippen MR) is 111 cm³/mol. The van der Waals surface area contributed by atoms with E-state index >= 15 is 0 Å². The molecule has 5 unspecified atom stereocenters. The zero-order chi connectivity index (χ0) is 21.8. The fourth-order valence-electron chi connectivity index (χ4n) is 5.07. The molecular weight excluding hydrogens is 453 g/mol. The third-order valence-electron chi connectivity index (χ3n) is 6.30. The van der Waals surface area contributed by atoms with Crippen LogP contribution in [0.2, 0.25) is 0 Å². The van der Waals surface area contributed by atoms with Gasteiger partial charge in [-0.1, -0.05) is 22.0 Å². The van der Waals surface area contributed by atoms with Gasteiger partial charge in [-0.3, -0.25) is 9.69 Å². The fraction of sp³-hybridized carbons (Fsp3) is 0.591. The van der Waals surface area contributed by atoms with Crippen LogP contribution in [0, 0.1) is 34.9 Å². The first-order chi connectivity index (χ1) is 14.1. The van der Waals surface area contributed by atoms with Gasteiger partial charge in [-0.05, 0) is 69.1 Å². The lowest BCUT2D eigenvalue weighted by Crippen LogP contribution is -2.56. The van der Waals surface area contributed by atoms with E-state index < -0.39 is 29.6 Å². The monoisotopic (exact) mass is 477 g/mol. The van der Waals surface area contributed by atoms with Crippen molar-refractivity contribution in [3.05, 3.63) is 34.1 Å². The van der Waals surface area contributed by atoms with Crippen molar-refractivity contribution in [2.75, 3.05) is 0 Å². The second-order valence-electron chi connectivity index (χ2n) is 9.49. The lowest BCUT2D eigenvalue weighted by Gasteiger charge is -2.35. The standard InChI is InChI=1S/C22H25BrFN3O3/c1-22(2,3)30-21(29)27-18-9-16(14-8-15(14)18)19(27)20(28)26-13(10-25)6-11-4-5-12(23)7-17(11)24/h4-5,7,13-16,18-19H,6,8-9H2,1-3H3,(H,26,28)/t13-,14?,15?,16?,18?,19?/m0/s1. The number of carbonyl (C=O) groups is 2. The Morgan fingerprint density at radius 1 is 1.33 bits per heavy atom.